The van der Waals surface area contributed by atoms with E-state index in [0.29, 0.717) is 83.3 Å². The standard InChI is InChI=1S/C23H30N2O7S.C23H30N2O5S.C7H5ClO3.CHCl3.CH4/c1-15-19(24-20(31-15)16-6-8-17(9-7-16)21(26)30-5)14-33(28,29)18-10-12-25(13-11-18)22(27)32-23(2,3)4;1-15-19(24-20(29-15)16-6-8-17(9-7-16)21(26)28-5)14-31-18-10-12-25(13-11-18)22(27)30-23(2,3)4;8-6-3-1-2-5(4-6)7(9)11-10;2-1(3)4;/h6-9,18H,10-14H2,1-5H3;6-9,18H,10-14H2,1-5H3;1-4,10H;1H;1H4. The maximum atomic E-state index is 13.0. The number of alkyl halides is 3. The zero-order chi connectivity index (χ0) is 58.8. The van der Waals surface area contributed by atoms with Gasteiger partial charge in [-0.1, -0.05) is 59.9 Å². The van der Waals surface area contributed by atoms with Crippen LogP contribution in [0.25, 0.3) is 22.9 Å². The fourth-order valence-electron chi connectivity index (χ4n) is 7.53. The number of hydrogen-bond donors (Lipinski definition) is 1. The largest absolute Gasteiger partial charge is 0.465 e. The number of aryl methyl sites for hydroxylation is 2. The number of hydrogen-bond acceptors (Lipinski definition) is 18. The fourth-order valence-corrected chi connectivity index (χ4v) is 10.7. The van der Waals surface area contributed by atoms with Crippen molar-refractivity contribution in [1.82, 2.24) is 19.8 Å². The summed E-state index contributed by atoms with van der Waals surface area (Å²) in [5.41, 5.74) is 2.76. The van der Waals surface area contributed by atoms with Gasteiger partial charge in [0, 0.05) is 53.3 Å². The van der Waals surface area contributed by atoms with Crippen LogP contribution >= 0.6 is 58.2 Å². The van der Waals surface area contributed by atoms with E-state index in [1.807, 2.05) is 39.5 Å². The molecule has 5 aromatic rings. The lowest BCUT2D eigenvalue weighted by molar-refractivity contribution is -0.182. The molecule has 19 nitrogen and oxygen atoms in total. The summed E-state index contributed by atoms with van der Waals surface area (Å²) >= 11 is 21.8. The SMILES string of the molecule is C.COC(=O)c1ccc(-c2nc(CS(=O)(=O)C3CCN(C(=O)OC(C)(C)C)CC3)c(C)o2)cc1.COC(=O)c1ccc(-c2nc(CSC3CCN(C(=O)OC(C)(C)C)CC3)c(C)o2)cc1.ClC(Cl)Cl.O=C(OO)c1cccc(Cl)c1. The highest BCUT2D eigenvalue weighted by molar-refractivity contribution is 7.99. The number of halogens is 4. The molecule has 0 saturated carbocycles. The molecule has 2 aliphatic rings. The molecule has 3 aromatic carbocycles. The number of likely N-dealkylation sites (tertiary alicyclic amines) is 2. The summed E-state index contributed by atoms with van der Waals surface area (Å²) in [6.07, 6.45) is 1.91. The maximum absolute atomic E-state index is 13.0. The summed E-state index contributed by atoms with van der Waals surface area (Å²) in [6.45, 7) is 16.7. The van der Waals surface area contributed by atoms with E-state index in [0.717, 1.165) is 35.6 Å². The Balaban J connectivity index is 0.000000331. The van der Waals surface area contributed by atoms with E-state index >= 15 is 0 Å². The predicted molar refractivity (Wildman–Crippen MR) is 309 cm³/mol. The average Bonchev–Trinajstić information content (AvgIpc) is 3.96. The second-order valence-corrected chi connectivity index (χ2v) is 25.8. The summed E-state index contributed by atoms with van der Waals surface area (Å²) in [7, 11) is -0.828. The van der Waals surface area contributed by atoms with E-state index in [1.165, 1.54) is 26.4 Å². The number of esters is 2. The molecule has 2 aromatic heterocycles. The molecule has 2 amide bonds. The van der Waals surface area contributed by atoms with Crippen LogP contribution in [0.2, 0.25) is 5.02 Å². The van der Waals surface area contributed by atoms with Crippen LogP contribution in [0.1, 0.15) is 129 Å². The van der Waals surface area contributed by atoms with Crippen LogP contribution in [-0.2, 0) is 45.2 Å². The first-order valence-corrected chi connectivity index (χ1v) is 29.1. The maximum Gasteiger partial charge on any atom is 0.410 e. The molecule has 7 rings (SSSR count). The van der Waals surface area contributed by atoms with Crippen molar-refractivity contribution in [3.8, 4) is 22.9 Å². The topological polar surface area (TPSA) is 244 Å². The molecule has 440 valence electrons. The van der Waals surface area contributed by atoms with E-state index in [9.17, 15) is 32.4 Å². The Hall–Kier alpha value is -5.55. The smallest absolute Gasteiger partial charge is 0.410 e. The van der Waals surface area contributed by atoms with Crippen LogP contribution in [0, 0.1) is 13.8 Å². The summed E-state index contributed by atoms with van der Waals surface area (Å²) in [5.74, 6) is 0.944. The molecular weight excluding hydrogens is 1160 g/mol. The molecule has 80 heavy (non-hydrogen) atoms. The summed E-state index contributed by atoms with van der Waals surface area (Å²) < 4.78 is 57.1. The molecule has 2 fully saturated rings. The number of oxazole rings is 2. The van der Waals surface area contributed by atoms with Gasteiger partial charge >= 0.3 is 30.1 Å². The number of sulfone groups is 1. The number of aromatic nitrogens is 2. The van der Waals surface area contributed by atoms with Gasteiger partial charge in [0.25, 0.3) is 0 Å². The number of carbonyl (C=O) groups is 5. The Morgan fingerprint density at radius 3 is 1.49 bits per heavy atom. The lowest BCUT2D eigenvalue weighted by Gasteiger charge is -2.33. The van der Waals surface area contributed by atoms with Gasteiger partial charge in [-0.25, -0.2) is 42.4 Å². The normalized spacial score (nSPS) is 13.9. The van der Waals surface area contributed by atoms with Crippen molar-refractivity contribution in [2.75, 3.05) is 40.4 Å². The molecule has 0 unspecified atom stereocenters. The molecule has 1 N–H and O–H groups in total. The van der Waals surface area contributed by atoms with Gasteiger partial charge in [0.05, 0.1) is 53.3 Å². The molecule has 25 heteroatoms. The van der Waals surface area contributed by atoms with Crippen molar-refractivity contribution < 1.29 is 70.3 Å². The number of benzene rings is 3. The minimum Gasteiger partial charge on any atom is -0.465 e. The van der Waals surface area contributed by atoms with E-state index in [1.54, 1.807) is 98.2 Å². The molecule has 0 spiro atoms. The minimum absolute atomic E-state index is 0. The van der Waals surface area contributed by atoms with Crippen molar-refractivity contribution in [3.05, 3.63) is 117 Å². The third-order valence-corrected chi connectivity index (χ3v) is 15.3. The highest BCUT2D eigenvalue weighted by atomic mass is 35.6. The average molecular weight is 1230 g/mol. The van der Waals surface area contributed by atoms with Gasteiger partial charge in [0.15, 0.2) is 14.1 Å². The zero-order valence-corrected chi connectivity index (χ0v) is 50.2. The van der Waals surface area contributed by atoms with Crippen LogP contribution in [0.5, 0.6) is 0 Å². The van der Waals surface area contributed by atoms with Crippen molar-refractivity contribution in [1.29, 1.82) is 0 Å². The van der Waals surface area contributed by atoms with Gasteiger partial charge in [-0.15, -0.1) is 0 Å². The number of nitrogens with zero attached hydrogens (tertiary/aromatic N) is 4. The third-order valence-electron chi connectivity index (χ3n) is 11.5. The van der Waals surface area contributed by atoms with Gasteiger partial charge in [-0.2, -0.15) is 17.0 Å². The van der Waals surface area contributed by atoms with Crippen LogP contribution in [-0.4, -0.2) is 130 Å². The van der Waals surface area contributed by atoms with Crippen molar-refractivity contribution in [2.45, 2.75) is 126 Å². The first-order valence-electron chi connectivity index (χ1n) is 24.7. The third kappa shape index (κ3) is 22.4. The highest BCUT2D eigenvalue weighted by Gasteiger charge is 2.35. The molecule has 0 bridgehead atoms. The fraction of sp³-hybridized carbons (Fsp3) is 0.473. The number of amides is 2. The lowest BCUT2D eigenvalue weighted by atomic mass is 10.1. The number of ether oxygens (including phenoxy) is 4. The Morgan fingerprint density at radius 2 is 1.09 bits per heavy atom. The van der Waals surface area contributed by atoms with E-state index in [-0.39, 0.29) is 36.7 Å². The van der Waals surface area contributed by atoms with Gasteiger partial charge in [0.2, 0.25) is 11.8 Å². The number of methoxy groups -OCH3 is 2. The van der Waals surface area contributed by atoms with E-state index in [4.69, 9.17) is 74.7 Å². The number of piperidine rings is 2. The zero-order valence-electron chi connectivity index (χ0n) is 45.5. The second kappa shape index (κ2) is 31.6. The molecular formula is C55H70Cl4N4O15S2. The number of carbonyl (C=O) groups excluding carboxylic acids is 5. The number of thioether (sulfide) groups is 1. The van der Waals surface area contributed by atoms with Crippen LogP contribution in [0.3, 0.4) is 0 Å². The van der Waals surface area contributed by atoms with Crippen LogP contribution in [0.4, 0.5) is 9.59 Å². The van der Waals surface area contributed by atoms with Gasteiger partial charge in [0.1, 0.15) is 22.7 Å². The predicted octanol–water partition coefficient (Wildman–Crippen LogP) is 13.4. The van der Waals surface area contributed by atoms with Gasteiger partial charge in [-0.05, 0) is 148 Å². The van der Waals surface area contributed by atoms with Crippen molar-refractivity contribution in [3.63, 3.8) is 0 Å². The van der Waals surface area contributed by atoms with E-state index < -0.39 is 48.6 Å². The highest BCUT2D eigenvalue weighted by Crippen LogP contribution is 2.31. The summed E-state index contributed by atoms with van der Waals surface area (Å²) in [6, 6.07) is 19.6. The van der Waals surface area contributed by atoms with Gasteiger partial charge in [-0.3, -0.25) is 4.89 Å². The first-order chi connectivity index (χ1) is 37.0. The Labute approximate surface area is 492 Å². The molecule has 0 radical (unpaired) electrons. The molecule has 0 aliphatic carbocycles. The summed E-state index contributed by atoms with van der Waals surface area (Å²) in [5, 5.41) is 8.32. The molecule has 2 saturated heterocycles. The van der Waals surface area contributed by atoms with Crippen molar-refractivity contribution in [2.24, 2.45) is 0 Å². The summed E-state index contributed by atoms with van der Waals surface area (Å²) in [4.78, 5) is 74.1. The minimum atomic E-state index is -3.50. The second-order valence-electron chi connectivity index (χ2n) is 19.8. The first kappa shape index (κ1) is 68.7. The quantitative estimate of drug-likeness (QED) is 0.0425. The van der Waals surface area contributed by atoms with Crippen molar-refractivity contribution >= 4 is 98.1 Å². The Kier molecular flexibility index (Phi) is 27.1. The van der Waals surface area contributed by atoms with Gasteiger partial charge < -0.3 is 37.6 Å². The molecule has 2 aliphatic heterocycles. The number of rotatable bonds is 11. The monoisotopic (exact) mass is 1230 g/mol. The molecule has 4 heterocycles. The van der Waals surface area contributed by atoms with Crippen LogP contribution < -0.4 is 0 Å². The lowest BCUT2D eigenvalue weighted by Crippen LogP contribution is -2.44. The Bertz CT molecular complexity index is 2920. The van der Waals surface area contributed by atoms with Crippen LogP contribution in [0.15, 0.2) is 81.6 Å². The Morgan fingerprint density at radius 1 is 0.675 bits per heavy atom. The molecule has 0 atom stereocenters. The van der Waals surface area contributed by atoms with E-state index in [2.05, 4.69) is 19.6 Å².